The molecule has 3 N–H and O–H groups in total. The maximum absolute atomic E-state index is 12.0. The van der Waals surface area contributed by atoms with E-state index in [4.69, 9.17) is 0 Å². The number of urea groups is 1. The standard InChI is InChI=1S/C17H25N3O2/c1-3-12(2)18-16(21)13-8-10-15(11-9-13)20-17(22)19-14-6-4-5-7-14/h8-12,14H,3-7H2,1-2H3,(H,18,21)(H2,19,20,22). The third kappa shape index (κ3) is 4.76. The predicted molar refractivity (Wildman–Crippen MR) is 88.1 cm³/mol. The second-order valence-corrected chi connectivity index (χ2v) is 5.94. The molecular formula is C17H25N3O2. The summed E-state index contributed by atoms with van der Waals surface area (Å²) in [7, 11) is 0. The fourth-order valence-corrected chi connectivity index (χ4v) is 2.54. The molecule has 1 unspecified atom stereocenters. The lowest BCUT2D eigenvalue weighted by Crippen LogP contribution is -2.36. The van der Waals surface area contributed by atoms with Crippen LogP contribution in [0.2, 0.25) is 0 Å². The van der Waals surface area contributed by atoms with Crippen molar-refractivity contribution in [2.75, 3.05) is 5.32 Å². The van der Waals surface area contributed by atoms with E-state index in [1.165, 1.54) is 12.8 Å². The third-order valence-corrected chi connectivity index (χ3v) is 4.09. The number of hydrogen-bond acceptors (Lipinski definition) is 2. The highest BCUT2D eigenvalue weighted by molar-refractivity contribution is 5.95. The van der Waals surface area contributed by atoms with Gasteiger partial charge in [-0.15, -0.1) is 0 Å². The van der Waals surface area contributed by atoms with Gasteiger partial charge in [0.1, 0.15) is 0 Å². The molecule has 1 aliphatic rings. The second-order valence-electron chi connectivity index (χ2n) is 5.94. The van der Waals surface area contributed by atoms with Crippen LogP contribution in [-0.4, -0.2) is 24.0 Å². The van der Waals surface area contributed by atoms with Crippen molar-refractivity contribution in [3.05, 3.63) is 29.8 Å². The van der Waals surface area contributed by atoms with Crippen molar-refractivity contribution >= 4 is 17.6 Å². The monoisotopic (exact) mass is 303 g/mol. The Labute approximate surface area is 131 Å². The summed E-state index contributed by atoms with van der Waals surface area (Å²) in [6.45, 7) is 4.00. The summed E-state index contributed by atoms with van der Waals surface area (Å²) in [5.74, 6) is -0.0868. The van der Waals surface area contributed by atoms with E-state index in [0.29, 0.717) is 17.3 Å². The predicted octanol–water partition coefficient (Wildman–Crippen LogP) is 3.28. The number of hydrogen-bond donors (Lipinski definition) is 3. The van der Waals surface area contributed by atoms with Crippen molar-refractivity contribution < 1.29 is 9.59 Å². The van der Waals surface area contributed by atoms with Crippen LogP contribution in [0.4, 0.5) is 10.5 Å². The van der Waals surface area contributed by atoms with E-state index in [2.05, 4.69) is 16.0 Å². The van der Waals surface area contributed by atoms with Gasteiger partial charge in [-0.1, -0.05) is 19.8 Å². The maximum atomic E-state index is 12.0. The molecule has 0 aromatic heterocycles. The van der Waals surface area contributed by atoms with Gasteiger partial charge < -0.3 is 16.0 Å². The molecule has 0 spiro atoms. The zero-order valence-electron chi connectivity index (χ0n) is 13.3. The number of carbonyl (C=O) groups excluding carboxylic acids is 2. The summed E-state index contributed by atoms with van der Waals surface area (Å²) >= 11 is 0. The van der Waals surface area contributed by atoms with Gasteiger partial charge in [0, 0.05) is 23.3 Å². The lowest BCUT2D eigenvalue weighted by Gasteiger charge is -2.14. The quantitative estimate of drug-likeness (QED) is 0.781. The lowest BCUT2D eigenvalue weighted by molar-refractivity contribution is 0.0939. The number of nitrogens with one attached hydrogen (secondary N) is 3. The molecule has 3 amide bonds. The van der Waals surface area contributed by atoms with Crippen LogP contribution in [0, 0.1) is 0 Å². The van der Waals surface area contributed by atoms with Crippen molar-refractivity contribution in [3.63, 3.8) is 0 Å². The topological polar surface area (TPSA) is 70.2 Å². The minimum absolute atomic E-state index is 0.0868. The highest BCUT2D eigenvalue weighted by Crippen LogP contribution is 2.18. The number of amides is 3. The van der Waals surface area contributed by atoms with Gasteiger partial charge in [0.15, 0.2) is 0 Å². The van der Waals surface area contributed by atoms with Gasteiger partial charge in [-0.3, -0.25) is 4.79 Å². The van der Waals surface area contributed by atoms with E-state index in [9.17, 15) is 9.59 Å². The average molecular weight is 303 g/mol. The van der Waals surface area contributed by atoms with Crippen molar-refractivity contribution in [2.24, 2.45) is 0 Å². The van der Waals surface area contributed by atoms with Crippen LogP contribution in [0.25, 0.3) is 0 Å². The van der Waals surface area contributed by atoms with E-state index in [0.717, 1.165) is 19.3 Å². The van der Waals surface area contributed by atoms with Crippen LogP contribution in [0.1, 0.15) is 56.3 Å². The fraction of sp³-hybridized carbons (Fsp3) is 0.529. The largest absolute Gasteiger partial charge is 0.350 e. The SMILES string of the molecule is CCC(C)NC(=O)c1ccc(NC(=O)NC2CCCC2)cc1. The first-order valence-electron chi connectivity index (χ1n) is 8.07. The molecule has 0 bridgehead atoms. The van der Waals surface area contributed by atoms with E-state index >= 15 is 0 Å². The summed E-state index contributed by atoms with van der Waals surface area (Å²) in [6.07, 6.45) is 5.38. The Hall–Kier alpha value is -2.04. The highest BCUT2D eigenvalue weighted by atomic mass is 16.2. The van der Waals surface area contributed by atoms with Gasteiger partial charge in [0.05, 0.1) is 0 Å². The summed E-state index contributed by atoms with van der Waals surface area (Å²) in [5, 5.41) is 8.69. The molecular weight excluding hydrogens is 278 g/mol. The molecule has 1 saturated carbocycles. The molecule has 120 valence electrons. The van der Waals surface area contributed by atoms with Crippen LogP contribution < -0.4 is 16.0 Å². The molecule has 22 heavy (non-hydrogen) atoms. The van der Waals surface area contributed by atoms with Crippen molar-refractivity contribution in [1.82, 2.24) is 10.6 Å². The molecule has 0 saturated heterocycles. The fourth-order valence-electron chi connectivity index (χ4n) is 2.54. The van der Waals surface area contributed by atoms with Crippen LogP contribution in [0.3, 0.4) is 0 Å². The molecule has 0 heterocycles. The minimum atomic E-state index is -0.177. The molecule has 1 fully saturated rings. The van der Waals surface area contributed by atoms with E-state index in [1.54, 1.807) is 24.3 Å². The number of anilines is 1. The third-order valence-electron chi connectivity index (χ3n) is 4.09. The van der Waals surface area contributed by atoms with Crippen LogP contribution in [0.5, 0.6) is 0 Å². The molecule has 1 aliphatic carbocycles. The molecule has 0 radical (unpaired) electrons. The molecule has 2 rings (SSSR count). The van der Waals surface area contributed by atoms with Crippen LogP contribution in [-0.2, 0) is 0 Å². The first-order valence-corrected chi connectivity index (χ1v) is 8.07. The highest BCUT2D eigenvalue weighted by Gasteiger charge is 2.17. The Kier molecular flexibility index (Phi) is 5.81. The smallest absolute Gasteiger partial charge is 0.319 e. The summed E-state index contributed by atoms with van der Waals surface area (Å²) in [5.41, 5.74) is 1.29. The molecule has 5 nitrogen and oxygen atoms in total. The van der Waals surface area contributed by atoms with Crippen LogP contribution >= 0.6 is 0 Å². The first kappa shape index (κ1) is 16.3. The number of rotatable bonds is 5. The Morgan fingerprint density at radius 1 is 1.18 bits per heavy atom. The van der Waals surface area contributed by atoms with Gasteiger partial charge in [-0.05, 0) is 50.5 Å². The minimum Gasteiger partial charge on any atom is -0.350 e. The maximum Gasteiger partial charge on any atom is 0.319 e. The van der Waals surface area contributed by atoms with Gasteiger partial charge in [0.25, 0.3) is 5.91 Å². The molecule has 5 heteroatoms. The second kappa shape index (κ2) is 7.82. The van der Waals surface area contributed by atoms with E-state index in [1.807, 2.05) is 13.8 Å². The van der Waals surface area contributed by atoms with E-state index in [-0.39, 0.29) is 18.0 Å². The lowest BCUT2D eigenvalue weighted by atomic mass is 10.1. The molecule has 1 aromatic carbocycles. The molecule has 1 aromatic rings. The summed E-state index contributed by atoms with van der Waals surface area (Å²) in [6, 6.07) is 7.22. The molecule has 0 aliphatic heterocycles. The zero-order chi connectivity index (χ0) is 15.9. The first-order chi connectivity index (χ1) is 10.6. The Balaban J connectivity index is 1.85. The van der Waals surface area contributed by atoms with Crippen molar-refractivity contribution in [3.8, 4) is 0 Å². The van der Waals surface area contributed by atoms with E-state index < -0.39 is 0 Å². The molecule has 1 atom stereocenters. The van der Waals surface area contributed by atoms with Gasteiger partial charge in [-0.2, -0.15) is 0 Å². The Bertz CT molecular complexity index is 507. The Morgan fingerprint density at radius 2 is 1.82 bits per heavy atom. The normalized spacial score (nSPS) is 16.1. The summed E-state index contributed by atoms with van der Waals surface area (Å²) in [4.78, 5) is 23.8. The van der Waals surface area contributed by atoms with Crippen LogP contribution in [0.15, 0.2) is 24.3 Å². The van der Waals surface area contributed by atoms with Crippen molar-refractivity contribution in [1.29, 1.82) is 0 Å². The van der Waals surface area contributed by atoms with Gasteiger partial charge in [0.2, 0.25) is 0 Å². The Morgan fingerprint density at radius 3 is 2.41 bits per heavy atom. The number of carbonyl (C=O) groups is 2. The zero-order valence-corrected chi connectivity index (χ0v) is 13.3. The van der Waals surface area contributed by atoms with Gasteiger partial charge in [-0.25, -0.2) is 4.79 Å². The average Bonchev–Trinajstić information content (AvgIpc) is 3.00. The van der Waals surface area contributed by atoms with Gasteiger partial charge >= 0.3 is 6.03 Å². The summed E-state index contributed by atoms with van der Waals surface area (Å²) < 4.78 is 0. The van der Waals surface area contributed by atoms with Crippen molar-refractivity contribution in [2.45, 2.75) is 58.0 Å². The number of benzene rings is 1.